The molecule has 0 aliphatic heterocycles. The van der Waals surface area contributed by atoms with Crippen molar-refractivity contribution in [2.24, 2.45) is 0 Å². The van der Waals surface area contributed by atoms with E-state index < -0.39 is 0 Å². The van der Waals surface area contributed by atoms with E-state index in [0.29, 0.717) is 15.0 Å². The van der Waals surface area contributed by atoms with Gasteiger partial charge in [-0.2, -0.15) is 0 Å². The van der Waals surface area contributed by atoms with Gasteiger partial charge < -0.3 is 0 Å². The zero-order valence-electron chi connectivity index (χ0n) is 4.72. The van der Waals surface area contributed by atoms with Gasteiger partial charge in [-0.15, -0.1) is 0 Å². The van der Waals surface area contributed by atoms with Gasteiger partial charge in [0, 0.05) is 0 Å². The summed E-state index contributed by atoms with van der Waals surface area (Å²) in [5, 5.41) is 0. The molecule has 1 aromatic rings. The molecule has 0 nitrogen and oxygen atoms in total. The van der Waals surface area contributed by atoms with Gasteiger partial charge in [-0.3, -0.25) is 0 Å². The normalized spacial score (nSPS) is 9.12. The van der Waals surface area contributed by atoms with Gasteiger partial charge in [0.25, 0.3) is 0 Å². The van der Waals surface area contributed by atoms with Crippen LogP contribution < -0.4 is 4.46 Å². The summed E-state index contributed by atoms with van der Waals surface area (Å²) >= 11 is 0.648. The Hall–Kier alpha value is -0.261. The molecular formula is C7H7Se. The van der Waals surface area contributed by atoms with Crippen LogP contribution in [0, 0.1) is 6.07 Å². The second kappa shape index (κ2) is 2.91. The van der Waals surface area contributed by atoms with Crippen molar-refractivity contribution in [2.45, 2.75) is 5.82 Å². The van der Waals surface area contributed by atoms with Gasteiger partial charge in [0.05, 0.1) is 0 Å². The Labute approximate surface area is 56.1 Å². The van der Waals surface area contributed by atoms with Crippen molar-refractivity contribution in [2.75, 3.05) is 0 Å². The number of rotatable bonds is 1. The first kappa shape index (κ1) is 5.87. The van der Waals surface area contributed by atoms with Crippen molar-refractivity contribution >= 4 is 19.4 Å². The van der Waals surface area contributed by atoms with E-state index in [4.69, 9.17) is 0 Å². The van der Waals surface area contributed by atoms with Gasteiger partial charge >= 0.3 is 55.6 Å². The summed E-state index contributed by atoms with van der Waals surface area (Å²) in [6.45, 7) is 0. The molecule has 8 heavy (non-hydrogen) atoms. The van der Waals surface area contributed by atoms with Crippen LogP contribution >= 0.6 is 0 Å². The van der Waals surface area contributed by atoms with E-state index in [1.54, 1.807) is 0 Å². The third-order valence-corrected chi connectivity index (χ3v) is 2.48. The molecule has 1 radical (unpaired) electrons. The summed E-state index contributed by atoms with van der Waals surface area (Å²) in [6, 6.07) is 11.1. The van der Waals surface area contributed by atoms with Gasteiger partial charge in [-0.1, -0.05) is 0 Å². The maximum atomic E-state index is 2.98. The van der Waals surface area contributed by atoms with Crippen LogP contribution in [-0.2, 0) is 0 Å². The second-order valence-electron chi connectivity index (χ2n) is 1.44. The Kier molecular flexibility index (Phi) is 2.13. The second-order valence-corrected chi connectivity index (χ2v) is 3.29. The van der Waals surface area contributed by atoms with E-state index in [1.807, 2.05) is 12.1 Å². The van der Waals surface area contributed by atoms with Crippen molar-refractivity contribution in [3.05, 3.63) is 30.3 Å². The van der Waals surface area contributed by atoms with Crippen LogP contribution in [0.4, 0.5) is 0 Å². The molecule has 1 rings (SSSR count). The predicted molar refractivity (Wildman–Crippen MR) is 36.5 cm³/mol. The van der Waals surface area contributed by atoms with Crippen molar-refractivity contribution in [3.63, 3.8) is 0 Å². The first-order chi connectivity index (χ1) is 3.93. The molecule has 0 amide bonds. The van der Waals surface area contributed by atoms with Gasteiger partial charge in [0.1, 0.15) is 0 Å². The van der Waals surface area contributed by atoms with Crippen molar-refractivity contribution < 1.29 is 0 Å². The standard InChI is InChI=1S/C7H7Se/c1-8-7-5-3-2-4-6-7/h3-6H,1H3. The van der Waals surface area contributed by atoms with Crippen LogP contribution in [-0.4, -0.2) is 15.0 Å². The van der Waals surface area contributed by atoms with Crippen LogP contribution in [0.15, 0.2) is 24.3 Å². The average Bonchev–Trinajstić information content (AvgIpc) is 1.90. The number of hydrogen-bond acceptors (Lipinski definition) is 0. The molecule has 1 heteroatoms. The summed E-state index contributed by atoms with van der Waals surface area (Å²) in [6.07, 6.45) is 0. The molecule has 0 atom stereocenters. The Morgan fingerprint density at radius 1 is 1.38 bits per heavy atom. The average molecular weight is 170 g/mol. The fourth-order valence-corrected chi connectivity index (χ4v) is 1.36. The Morgan fingerprint density at radius 3 is 2.38 bits per heavy atom. The van der Waals surface area contributed by atoms with Crippen molar-refractivity contribution in [3.8, 4) is 0 Å². The van der Waals surface area contributed by atoms with E-state index >= 15 is 0 Å². The first-order valence-electron chi connectivity index (χ1n) is 2.43. The molecule has 0 spiro atoms. The molecule has 0 saturated carbocycles. The van der Waals surface area contributed by atoms with Gasteiger partial charge in [-0.05, 0) is 0 Å². The van der Waals surface area contributed by atoms with Crippen LogP contribution in [0.25, 0.3) is 0 Å². The zero-order valence-corrected chi connectivity index (χ0v) is 6.43. The Balaban J connectivity index is 2.83. The fraction of sp³-hybridized carbons (Fsp3) is 0.143. The molecule has 0 saturated heterocycles. The maximum absolute atomic E-state index is 2.98. The van der Waals surface area contributed by atoms with Crippen LogP contribution in [0.1, 0.15) is 0 Å². The van der Waals surface area contributed by atoms with Crippen molar-refractivity contribution in [1.82, 2.24) is 0 Å². The van der Waals surface area contributed by atoms with Gasteiger partial charge in [-0.25, -0.2) is 0 Å². The van der Waals surface area contributed by atoms with E-state index in [2.05, 4.69) is 24.0 Å². The molecule has 0 N–H and O–H groups in total. The number of benzene rings is 1. The molecule has 0 aromatic heterocycles. The van der Waals surface area contributed by atoms with Crippen LogP contribution in [0.2, 0.25) is 5.82 Å². The molecule has 0 aliphatic carbocycles. The summed E-state index contributed by atoms with van der Waals surface area (Å²) in [5.41, 5.74) is 0. The molecular weight excluding hydrogens is 163 g/mol. The zero-order chi connectivity index (χ0) is 5.82. The quantitative estimate of drug-likeness (QED) is 0.548. The van der Waals surface area contributed by atoms with E-state index in [9.17, 15) is 0 Å². The molecule has 0 bridgehead atoms. The number of hydrogen-bond donors (Lipinski definition) is 0. The molecule has 0 aliphatic rings. The molecule has 0 fully saturated rings. The summed E-state index contributed by atoms with van der Waals surface area (Å²) < 4.78 is 1.44. The van der Waals surface area contributed by atoms with E-state index in [-0.39, 0.29) is 0 Å². The van der Waals surface area contributed by atoms with Crippen molar-refractivity contribution in [1.29, 1.82) is 0 Å². The molecule has 0 unspecified atom stereocenters. The first-order valence-corrected chi connectivity index (χ1v) is 5.00. The van der Waals surface area contributed by atoms with Crippen LogP contribution in [0.3, 0.4) is 0 Å². The summed E-state index contributed by atoms with van der Waals surface area (Å²) in [5.74, 6) is 2.21. The third-order valence-electron chi connectivity index (χ3n) is 0.923. The molecule has 0 heterocycles. The minimum absolute atomic E-state index is 0.648. The molecule has 41 valence electrons. The third kappa shape index (κ3) is 1.36. The SMILES string of the molecule is C[Se]c1cc[c]cc1. The van der Waals surface area contributed by atoms with Gasteiger partial charge in [0.2, 0.25) is 0 Å². The van der Waals surface area contributed by atoms with Gasteiger partial charge in [0.15, 0.2) is 0 Å². The van der Waals surface area contributed by atoms with E-state index in [1.165, 1.54) is 4.46 Å². The monoisotopic (exact) mass is 171 g/mol. The Morgan fingerprint density at radius 2 is 2.00 bits per heavy atom. The topological polar surface area (TPSA) is 0 Å². The minimum atomic E-state index is 0.648. The van der Waals surface area contributed by atoms with Crippen LogP contribution in [0.5, 0.6) is 0 Å². The summed E-state index contributed by atoms with van der Waals surface area (Å²) in [4.78, 5) is 0. The summed E-state index contributed by atoms with van der Waals surface area (Å²) in [7, 11) is 0. The predicted octanol–water partition coefficient (Wildman–Crippen LogP) is 0.864. The molecule has 1 aromatic carbocycles. The fourth-order valence-electron chi connectivity index (χ4n) is 0.508. The van der Waals surface area contributed by atoms with E-state index in [0.717, 1.165) is 0 Å². The Bertz CT molecular complexity index is 146.